The van der Waals surface area contributed by atoms with Crippen molar-refractivity contribution in [1.29, 1.82) is 0 Å². The minimum atomic E-state index is -0.375. The Kier molecular flexibility index (Phi) is 10.3. The van der Waals surface area contributed by atoms with Gasteiger partial charge in [0.25, 0.3) is 0 Å². The van der Waals surface area contributed by atoms with Crippen molar-refractivity contribution in [2.75, 3.05) is 67.9 Å². The molecule has 1 aliphatic rings. The van der Waals surface area contributed by atoms with Gasteiger partial charge < -0.3 is 29.9 Å². The number of methoxy groups -OCH3 is 2. The molecule has 0 saturated carbocycles. The normalized spacial score (nSPS) is 13.5. The number of likely N-dealkylation sites (N-methyl/N-ethyl adjacent to an activating group) is 1. The molecular weight excluding hydrogens is 578 g/mol. The van der Waals surface area contributed by atoms with Crippen molar-refractivity contribution in [2.24, 2.45) is 0 Å². The summed E-state index contributed by atoms with van der Waals surface area (Å²) in [6.45, 7) is 12.6. The lowest BCUT2D eigenvalue weighted by Crippen LogP contribution is -2.44. The Bertz CT molecular complexity index is 1610. The maximum absolute atomic E-state index is 14.4. The van der Waals surface area contributed by atoms with Crippen LogP contribution in [-0.4, -0.2) is 68.3 Å². The number of para-hydroxylation sites is 1. The van der Waals surface area contributed by atoms with Gasteiger partial charge in [0.1, 0.15) is 29.5 Å². The van der Waals surface area contributed by atoms with E-state index in [-0.39, 0.29) is 17.9 Å². The van der Waals surface area contributed by atoms with E-state index in [1.165, 1.54) is 16.9 Å². The topological polar surface area (TPSA) is 95.1 Å². The van der Waals surface area contributed by atoms with Gasteiger partial charge in [-0.05, 0) is 66.4 Å². The SMILES string of the molecule is COc1ccc(N(C(=O)Nc2c(C(C)C)cccc2C(C)C)c2cc(Nc3ccc(N4CCN(C)CC4)cc3)ncn2)c(OC)c1. The van der Waals surface area contributed by atoms with Crippen LogP contribution in [0.4, 0.5) is 39.2 Å². The number of nitrogens with one attached hydrogen (secondary N) is 2. The Hall–Kier alpha value is -4.83. The van der Waals surface area contributed by atoms with Crippen molar-refractivity contribution in [3.63, 3.8) is 0 Å². The molecule has 0 bridgehead atoms. The molecule has 10 heteroatoms. The summed E-state index contributed by atoms with van der Waals surface area (Å²) in [5.41, 5.74) is 5.52. The first-order valence-corrected chi connectivity index (χ1v) is 15.8. The number of aromatic nitrogens is 2. The molecule has 2 heterocycles. The molecule has 10 nitrogen and oxygen atoms in total. The van der Waals surface area contributed by atoms with E-state index in [9.17, 15) is 4.79 Å². The summed E-state index contributed by atoms with van der Waals surface area (Å²) in [6.07, 6.45) is 1.45. The Labute approximate surface area is 272 Å². The number of nitrogens with zero attached hydrogens (tertiary/aromatic N) is 5. The molecule has 46 heavy (non-hydrogen) atoms. The van der Waals surface area contributed by atoms with E-state index in [4.69, 9.17) is 9.47 Å². The average molecular weight is 624 g/mol. The van der Waals surface area contributed by atoms with Crippen molar-refractivity contribution in [1.82, 2.24) is 14.9 Å². The van der Waals surface area contributed by atoms with Crippen molar-refractivity contribution >= 4 is 40.4 Å². The van der Waals surface area contributed by atoms with Gasteiger partial charge in [0, 0.05) is 55.4 Å². The van der Waals surface area contributed by atoms with E-state index in [0.29, 0.717) is 28.8 Å². The number of hydrogen-bond donors (Lipinski definition) is 2. The Morgan fingerprint density at radius 3 is 2.13 bits per heavy atom. The van der Waals surface area contributed by atoms with Crippen LogP contribution >= 0.6 is 0 Å². The highest BCUT2D eigenvalue weighted by molar-refractivity contribution is 6.08. The molecule has 0 unspecified atom stereocenters. The van der Waals surface area contributed by atoms with Crippen LogP contribution in [0.25, 0.3) is 0 Å². The fourth-order valence-electron chi connectivity index (χ4n) is 5.67. The minimum Gasteiger partial charge on any atom is -0.497 e. The predicted molar refractivity (Wildman–Crippen MR) is 187 cm³/mol. The number of anilines is 6. The van der Waals surface area contributed by atoms with Gasteiger partial charge in [0.15, 0.2) is 0 Å². The van der Waals surface area contributed by atoms with E-state index in [1.54, 1.807) is 38.5 Å². The molecule has 4 aromatic rings. The van der Waals surface area contributed by atoms with E-state index in [1.807, 2.05) is 18.2 Å². The summed E-state index contributed by atoms with van der Waals surface area (Å²) < 4.78 is 11.2. The number of ether oxygens (including phenoxy) is 2. The van der Waals surface area contributed by atoms with Gasteiger partial charge >= 0.3 is 6.03 Å². The van der Waals surface area contributed by atoms with E-state index in [2.05, 4.69) is 89.4 Å². The molecule has 242 valence electrons. The van der Waals surface area contributed by atoms with Gasteiger partial charge in [0.2, 0.25) is 0 Å². The molecule has 0 spiro atoms. The second kappa shape index (κ2) is 14.5. The van der Waals surface area contributed by atoms with Crippen LogP contribution < -0.4 is 29.9 Å². The lowest BCUT2D eigenvalue weighted by atomic mass is 9.93. The summed E-state index contributed by atoms with van der Waals surface area (Å²) in [6, 6.07) is 21.2. The molecule has 2 N–H and O–H groups in total. The molecule has 1 aromatic heterocycles. The summed E-state index contributed by atoms with van der Waals surface area (Å²) in [4.78, 5) is 29.7. The van der Waals surface area contributed by atoms with Gasteiger partial charge in [-0.3, -0.25) is 0 Å². The molecular formula is C36H45N7O3. The zero-order valence-electron chi connectivity index (χ0n) is 27.9. The van der Waals surface area contributed by atoms with Crippen LogP contribution in [0.1, 0.15) is 50.7 Å². The zero-order valence-corrected chi connectivity index (χ0v) is 27.9. The van der Waals surface area contributed by atoms with E-state index in [0.717, 1.165) is 48.7 Å². The number of rotatable bonds is 10. The standard InChI is InChI=1S/C36H45N7O3/c1-24(2)29-9-8-10-30(25(3)4)35(29)40-36(44)43(31-16-15-28(45-6)21-32(31)46-7)34-22-33(37-23-38-34)39-26-11-13-27(14-12-26)42-19-17-41(5)18-20-42/h8-16,21-25H,17-20H2,1-7H3,(H,40,44)(H,37,38,39). The highest BCUT2D eigenvalue weighted by atomic mass is 16.5. The molecule has 1 saturated heterocycles. The first-order chi connectivity index (χ1) is 22.2. The first-order valence-electron chi connectivity index (χ1n) is 15.8. The van der Waals surface area contributed by atoms with Gasteiger partial charge in [-0.1, -0.05) is 45.9 Å². The monoisotopic (exact) mass is 623 g/mol. The molecule has 3 aromatic carbocycles. The fourth-order valence-corrected chi connectivity index (χ4v) is 5.67. The predicted octanol–water partition coefficient (Wildman–Crippen LogP) is 7.61. The smallest absolute Gasteiger partial charge is 0.332 e. The van der Waals surface area contributed by atoms with Crippen LogP contribution in [0.2, 0.25) is 0 Å². The second-order valence-electron chi connectivity index (χ2n) is 12.1. The summed E-state index contributed by atoms with van der Waals surface area (Å²) in [5.74, 6) is 2.40. The number of benzene rings is 3. The van der Waals surface area contributed by atoms with Gasteiger partial charge in [0.05, 0.1) is 19.9 Å². The molecule has 0 atom stereocenters. The van der Waals surface area contributed by atoms with Gasteiger partial charge in [-0.2, -0.15) is 0 Å². The summed E-state index contributed by atoms with van der Waals surface area (Å²) in [5, 5.41) is 6.62. The molecule has 2 amide bonds. The van der Waals surface area contributed by atoms with Crippen molar-refractivity contribution in [3.8, 4) is 11.5 Å². The lowest BCUT2D eigenvalue weighted by molar-refractivity contribution is 0.258. The van der Waals surface area contributed by atoms with Crippen molar-refractivity contribution in [3.05, 3.63) is 84.2 Å². The highest BCUT2D eigenvalue weighted by Gasteiger charge is 2.26. The van der Waals surface area contributed by atoms with Gasteiger partial charge in [-0.25, -0.2) is 19.7 Å². The molecule has 5 rings (SSSR count). The second-order valence-corrected chi connectivity index (χ2v) is 12.1. The van der Waals surface area contributed by atoms with E-state index < -0.39 is 0 Å². The number of carbonyl (C=O) groups excluding carboxylic acids is 1. The maximum Gasteiger partial charge on any atom is 0.332 e. The maximum atomic E-state index is 14.4. The number of carbonyl (C=O) groups is 1. The molecule has 0 aliphatic carbocycles. The van der Waals surface area contributed by atoms with Crippen molar-refractivity contribution < 1.29 is 14.3 Å². The first kappa shape index (κ1) is 32.6. The number of amides is 2. The Balaban J connectivity index is 1.49. The van der Waals surface area contributed by atoms with Crippen LogP contribution in [-0.2, 0) is 0 Å². The zero-order chi connectivity index (χ0) is 32.8. The molecule has 1 fully saturated rings. The fraction of sp³-hybridized carbons (Fsp3) is 0.361. The minimum absolute atomic E-state index is 0.204. The summed E-state index contributed by atoms with van der Waals surface area (Å²) in [7, 11) is 5.32. The Morgan fingerprint density at radius 2 is 1.52 bits per heavy atom. The third-order valence-corrected chi connectivity index (χ3v) is 8.33. The van der Waals surface area contributed by atoms with E-state index >= 15 is 0 Å². The third kappa shape index (κ3) is 7.34. The van der Waals surface area contributed by atoms with Crippen LogP contribution in [0.15, 0.2) is 73.1 Å². The summed E-state index contributed by atoms with van der Waals surface area (Å²) >= 11 is 0. The quantitative estimate of drug-likeness (QED) is 0.186. The van der Waals surface area contributed by atoms with Crippen molar-refractivity contribution in [2.45, 2.75) is 39.5 Å². The van der Waals surface area contributed by atoms with Crippen LogP contribution in [0.5, 0.6) is 11.5 Å². The third-order valence-electron chi connectivity index (χ3n) is 8.33. The Morgan fingerprint density at radius 1 is 0.848 bits per heavy atom. The highest BCUT2D eigenvalue weighted by Crippen LogP contribution is 2.38. The average Bonchev–Trinajstić information content (AvgIpc) is 3.06. The van der Waals surface area contributed by atoms with Gasteiger partial charge in [-0.15, -0.1) is 0 Å². The van der Waals surface area contributed by atoms with Crippen LogP contribution in [0.3, 0.4) is 0 Å². The lowest BCUT2D eigenvalue weighted by Gasteiger charge is -2.34. The van der Waals surface area contributed by atoms with Crippen LogP contribution in [0, 0.1) is 0 Å². The number of piperazine rings is 1. The molecule has 0 radical (unpaired) electrons. The largest absolute Gasteiger partial charge is 0.497 e. The molecule has 1 aliphatic heterocycles. The number of hydrogen-bond acceptors (Lipinski definition) is 8. The number of urea groups is 1.